The van der Waals surface area contributed by atoms with E-state index in [2.05, 4.69) is 6.58 Å². The van der Waals surface area contributed by atoms with E-state index in [9.17, 15) is 4.79 Å². The van der Waals surface area contributed by atoms with Gasteiger partial charge in [-0.2, -0.15) is 0 Å². The average molecular weight is 218 g/mol. The van der Waals surface area contributed by atoms with Gasteiger partial charge in [-0.3, -0.25) is 0 Å². The molecule has 16 heavy (non-hydrogen) atoms. The Hall–Kier alpha value is -1.57. The summed E-state index contributed by atoms with van der Waals surface area (Å²) in [4.78, 5) is 11.6. The number of carbonyl (C=O) groups excluding carboxylic acids is 1. The molecule has 0 heterocycles. The summed E-state index contributed by atoms with van der Waals surface area (Å²) in [6, 6.07) is 9.67. The Morgan fingerprint density at radius 3 is 2.25 bits per heavy atom. The summed E-state index contributed by atoms with van der Waals surface area (Å²) in [5.74, 6) is -0.193. The average Bonchev–Trinajstić information content (AvgIpc) is 2.28. The maximum absolute atomic E-state index is 11.6. The molecule has 1 aromatic rings. The van der Waals surface area contributed by atoms with Gasteiger partial charge in [-0.1, -0.05) is 50.8 Å². The van der Waals surface area contributed by atoms with Gasteiger partial charge in [0.2, 0.25) is 0 Å². The van der Waals surface area contributed by atoms with Crippen LogP contribution in [0.2, 0.25) is 0 Å². The second-order valence-electron chi connectivity index (χ2n) is 4.14. The van der Waals surface area contributed by atoms with Crippen molar-refractivity contribution in [2.24, 2.45) is 5.92 Å². The van der Waals surface area contributed by atoms with Crippen LogP contribution in [-0.2, 0) is 9.53 Å². The Morgan fingerprint density at radius 2 is 1.75 bits per heavy atom. The van der Waals surface area contributed by atoms with Crippen molar-refractivity contribution in [1.82, 2.24) is 0 Å². The van der Waals surface area contributed by atoms with Crippen molar-refractivity contribution in [3.05, 3.63) is 48.0 Å². The van der Waals surface area contributed by atoms with Gasteiger partial charge in [0.1, 0.15) is 6.10 Å². The number of ether oxygens (including phenoxy) is 1. The van der Waals surface area contributed by atoms with Gasteiger partial charge in [-0.15, -0.1) is 0 Å². The van der Waals surface area contributed by atoms with Crippen LogP contribution in [-0.4, -0.2) is 5.97 Å². The molecule has 0 aromatic heterocycles. The maximum Gasteiger partial charge on any atom is 0.334 e. The summed E-state index contributed by atoms with van der Waals surface area (Å²) in [6.07, 6.45) is -0.232. The summed E-state index contributed by atoms with van der Waals surface area (Å²) in [5.41, 5.74) is 1.51. The molecule has 0 radical (unpaired) electrons. The molecule has 0 saturated carbocycles. The van der Waals surface area contributed by atoms with E-state index in [1.54, 1.807) is 0 Å². The minimum atomic E-state index is -0.314. The van der Waals surface area contributed by atoms with Crippen molar-refractivity contribution in [2.45, 2.75) is 26.9 Å². The smallest absolute Gasteiger partial charge is 0.334 e. The third-order valence-corrected chi connectivity index (χ3v) is 2.51. The van der Waals surface area contributed by atoms with E-state index < -0.39 is 0 Å². The topological polar surface area (TPSA) is 26.3 Å². The Bertz CT molecular complexity index is 366. The highest BCUT2D eigenvalue weighted by Crippen LogP contribution is 2.19. The van der Waals surface area contributed by atoms with Gasteiger partial charge in [0, 0.05) is 5.57 Å². The van der Waals surface area contributed by atoms with Crippen LogP contribution in [0.4, 0.5) is 0 Å². The largest absolute Gasteiger partial charge is 0.454 e. The monoisotopic (exact) mass is 218 g/mol. The first-order valence-corrected chi connectivity index (χ1v) is 5.47. The molecule has 0 fully saturated rings. The van der Waals surface area contributed by atoms with E-state index in [0.717, 1.165) is 5.56 Å². The zero-order chi connectivity index (χ0) is 12.1. The van der Waals surface area contributed by atoms with Gasteiger partial charge < -0.3 is 4.74 Å². The van der Waals surface area contributed by atoms with E-state index in [-0.39, 0.29) is 18.0 Å². The fourth-order valence-electron chi connectivity index (χ4n) is 1.26. The highest BCUT2D eigenvalue weighted by molar-refractivity contribution is 5.88. The van der Waals surface area contributed by atoms with E-state index in [4.69, 9.17) is 4.74 Å². The number of rotatable bonds is 4. The molecule has 1 aromatic carbocycles. The summed E-state index contributed by atoms with van der Waals surface area (Å²) >= 11 is 0. The molecule has 2 nitrogen and oxygen atoms in total. The van der Waals surface area contributed by atoms with E-state index in [1.807, 2.05) is 51.1 Å². The van der Waals surface area contributed by atoms with Crippen LogP contribution >= 0.6 is 0 Å². The third kappa shape index (κ3) is 3.23. The van der Waals surface area contributed by atoms with Crippen LogP contribution in [0, 0.1) is 5.92 Å². The first-order chi connectivity index (χ1) is 7.52. The van der Waals surface area contributed by atoms with Crippen LogP contribution < -0.4 is 0 Å². The first kappa shape index (κ1) is 12.5. The predicted molar refractivity (Wildman–Crippen MR) is 64.9 cm³/mol. The summed E-state index contributed by atoms with van der Waals surface area (Å²) in [6.45, 7) is 9.44. The molecule has 0 amide bonds. The first-order valence-electron chi connectivity index (χ1n) is 5.47. The lowest BCUT2D eigenvalue weighted by Gasteiger charge is -2.15. The summed E-state index contributed by atoms with van der Waals surface area (Å²) < 4.78 is 5.32. The zero-order valence-electron chi connectivity index (χ0n) is 10.1. The van der Waals surface area contributed by atoms with Gasteiger partial charge in [0.05, 0.1) is 0 Å². The van der Waals surface area contributed by atoms with Crippen molar-refractivity contribution >= 4 is 5.97 Å². The molecule has 1 atom stereocenters. The molecule has 0 aliphatic heterocycles. The summed E-state index contributed by atoms with van der Waals surface area (Å²) in [5, 5.41) is 0. The molecular formula is C14H18O2. The van der Waals surface area contributed by atoms with Gasteiger partial charge in [0.15, 0.2) is 0 Å². The lowest BCUT2D eigenvalue weighted by atomic mass is 10.1. The predicted octanol–water partition coefficient (Wildman–Crippen LogP) is 3.50. The second kappa shape index (κ2) is 5.50. The van der Waals surface area contributed by atoms with Crippen LogP contribution in [0.1, 0.15) is 32.4 Å². The molecule has 0 aliphatic rings. The highest BCUT2D eigenvalue weighted by Gasteiger charge is 2.16. The number of benzene rings is 1. The maximum atomic E-state index is 11.6. The Morgan fingerprint density at radius 1 is 1.19 bits per heavy atom. The number of hydrogen-bond donors (Lipinski definition) is 0. The standard InChI is InChI=1S/C14H18O2/c1-10(2)11(3)14(15)16-12(4)13-8-6-5-7-9-13/h5-10,12H,3H2,1-2,4H3. The Balaban J connectivity index is 2.62. The zero-order valence-corrected chi connectivity index (χ0v) is 10.1. The number of hydrogen-bond acceptors (Lipinski definition) is 2. The quantitative estimate of drug-likeness (QED) is 0.571. The normalized spacial score (nSPS) is 12.2. The molecule has 86 valence electrons. The van der Waals surface area contributed by atoms with E-state index >= 15 is 0 Å². The molecule has 2 heteroatoms. The van der Waals surface area contributed by atoms with E-state index in [1.165, 1.54) is 0 Å². The SMILES string of the molecule is C=C(C(=O)OC(C)c1ccccc1)C(C)C. The van der Waals surface area contributed by atoms with Gasteiger partial charge in [0.25, 0.3) is 0 Å². The minimum Gasteiger partial charge on any atom is -0.454 e. The minimum absolute atomic E-state index is 0.121. The lowest BCUT2D eigenvalue weighted by molar-refractivity contribution is -0.144. The van der Waals surface area contributed by atoms with Crippen LogP contribution in [0.15, 0.2) is 42.5 Å². The molecule has 1 unspecified atom stereocenters. The molecular weight excluding hydrogens is 200 g/mol. The molecule has 0 spiro atoms. The Labute approximate surface area is 96.9 Å². The van der Waals surface area contributed by atoms with E-state index in [0.29, 0.717) is 5.57 Å². The fraction of sp³-hybridized carbons (Fsp3) is 0.357. The van der Waals surface area contributed by atoms with Gasteiger partial charge >= 0.3 is 5.97 Å². The molecule has 0 aliphatic carbocycles. The van der Waals surface area contributed by atoms with Gasteiger partial charge in [-0.25, -0.2) is 4.79 Å². The number of esters is 1. The van der Waals surface area contributed by atoms with Crippen molar-refractivity contribution in [2.75, 3.05) is 0 Å². The van der Waals surface area contributed by atoms with Crippen molar-refractivity contribution in [3.8, 4) is 0 Å². The second-order valence-corrected chi connectivity index (χ2v) is 4.14. The molecule has 0 N–H and O–H groups in total. The fourth-order valence-corrected chi connectivity index (χ4v) is 1.26. The van der Waals surface area contributed by atoms with Crippen molar-refractivity contribution < 1.29 is 9.53 Å². The van der Waals surface area contributed by atoms with Crippen LogP contribution in [0.25, 0.3) is 0 Å². The lowest BCUT2D eigenvalue weighted by Crippen LogP contribution is -2.13. The molecule has 0 bridgehead atoms. The van der Waals surface area contributed by atoms with Gasteiger partial charge in [-0.05, 0) is 18.4 Å². The Kier molecular flexibility index (Phi) is 4.29. The third-order valence-electron chi connectivity index (χ3n) is 2.51. The van der Waals surface area contributed by atoms with Crippen molar-refractivity contribution in [1.29, 1.82) is 0 Å². The molecule has 1 rings (SSSR count). The highest BCUT2D eigenvalue weighted by atomic mass is 16.5. The molecule has 0 saturated heterocycles. The van der Waals surface area contributed by atoms with Crippen LogP contribution in [0.3, 0.4) is 0 Å². The van der Waals surface area contributed by atoms with Crippen LogP contribution in [0.5, 0.6) is 0 Å². The number of carbonyl (C=O) groups is 1. The van der Waals surface area contributed by atoms with Crippen molar-refractivity contribution in [3.63, 3.8) is 0 Å². The summed E-state index contributed by atoms with van der Waals surface area (Å²) in [7, 11) is 0.